The Hall–Kier alpha value is -0.330. The monoisotopic (exact) mass is 208 g/mol. The summed E-state index contributed by atoms with van der Waals surface area (Å²) >= 11 is 0. The van der Waals surface area contributed by atoms with E-state index in [4.69, 9.17) is 0 Å². The van der Waals surface area contributed by atoms with Crippen molar-refractivity contribution in [3.05, 3.63) is 0 Å². The van der Waals surface area contributed by atoms with Gasteiger partial charge in [0.15, 0.2) is 0 Å². The summed E-state index contributed by atoms with van der Waals surface area (Å²) in [7, 11) is 0. The zero-order valence-electron chi connectivity index (χ0n) is 10.4. The molecule has 0 aliphatic heterocycles. The Morgan fingerprint density at radius 3 is 2.07 bits per heavy atom. The fourth-order valence-corrected chi connectivity index (χ4v) is 3.07. The predicted molar refractivity (Wildman–Crippen MR) is 62.7 cm³/mol. The molecule has 2 aliphatic rings. The van der Waals surface area contributed by atoms with Crippen LogP contribution in [-0.2, 0) is 4.79 Å². The molecule has 0 unspecified atom stereocenters. The van der Waals surface area contributed by atoms with Crippen LogP contribution in [0, 0.1) is 16.7 Å². The second-order valence-electron chi connectivity index (χ2n) is 6.65. The van der Waals surface area contributed by atoms with Gasteiger partial charge >= 0.3 is 0 Å². The van der Waals surface area contributed by atoms with Crippen LogP contribution < -0.4 is 0 Å². The highest BCUT2D eigenvalue weighted by Crippen LogP contribution is 2.54. The molecule has 86 valence electrons. The molecule has 0 aromatic carbocycles. The van der Waals surface area contributed by atoms with Gasteiger partial charge < -0.3 is 0 Å². The molecule has 2 fully saturated rings. The van der Waals surface area contributed by atoms with Crippen LogP contribution in [0.3, 0.4) is 0 Å². The number of carbonyl (C=O) groups excluding carboxylic acids is 1. The summed E-state index contributed by atoms with van der Waals surface area (Å²) in [5.41, 5.74) is 0.704. The molecule has 0 bridgehead atoms. The highest BCUT2D eigenvalue weighted by molar-refractivity contribution is 5.84. The van der Waals surface area contributed by atoms with Gasteiger partial charge in [0.2, 0.25) is 0 Å². The highest BCUT2D eigenvalue weighted by Gasteiger charge is 2.48. The Bertz CT molecular complexity index is 251. The van der Waals surface area contributed by atoms with Crippen molar-refractivity contribution >= 4 is 5.78 Å². The fourth-order valence-electron chi connectivity index (χ4n) is 3.07. The third-order valence-electron chi connectivity index (χ3n) is 4.74. The Morgan fingerprint density at radius 2 is 1.67 bits per heavy atom. The first-order chi connectivity index (χ1) is 6.94. The van der Waals surface area contributed by atoms with Gasteiger partial charge in [-0.3, -0.25) is 4.79 Å². The summed E-state index contributed by atoms with van der Waals surface area (Å²) in [6, 6.07) is 0. The second kappa shape index (κ2) is 3.61. The molecule has 15 heavy (non-hydrogen) atoms. The molecule has 0 atom stereocenters. The van der Waals surface area contributed by atoms with Gasteiger partial charge in [0.05, 0.1) is 0 Å². The van der Waals surface area contributed by atoms with Crippen LogP contribution in [0.4, 0.5) is 0 Å². The van der Waals surface area contributed by atoms with Crippen LogP contribution in [0.5, 0.6) is 0 Å². The van der Waals surface area contributed by atoms with E-state index in [-0.39, 0.29) is 5.41 Å². The predicted octanol–water partition coefficient (Wildman–Crippen LogP) is 3.96. The number of carbonyl (C=O) groups is 1. The average molecular weight is 208 g/mol. The number of hydrogen-bond acceptors (Lipinski definition) is 1. The topological polar surface area (TPSA) is 17.1 Å². The molecule has 2 aliphatic carbocycles. The maximum Gasteiger partial charge on any atom is 0.135 e. The summed E-state index contributed by atoms with van der Waals surface area (Å²) in [6.45, 7) is 6.54. The molecule has 0 amide bonds. The molecular formula is C14H24O. The van der Waals surface area contributed by atoms with Gasteiger partial charge in [0.25, 0.3) is 0 Å². The Kier molecular flexibility index (Phi) is 2.68. The van der Waals surface area contributed by atoms with E-state index in [1.165, 1.54) is 44.9 Å². The first-order valence-electron chi connectivity index (χ1n) is 6.45. The average Bonchev–Trinajstić information content (AvgIpc) is 2.90. The molecular weight excluding hydrogens is 184 g/mol. The maximum atomic E-state index is 11.5. The quantitative estimate of drug-likeness (QED) is 0.686. The standard InChI is InChI=1S/C14H24O/c1-11(15)14(8-9-14)10-12-4-6-13(2,3)7-5-12/h12H,4-10H2,1-3H3. The van der Waals surface area contributed by atoms with E-state index < -0.39 is 0 Å². The van der Waals surface area contributed by atoms with Crippen LogP contribution in [0.2, 0.25) is 0 Å². The molecule has 0 radical (unpaired) electrons. The zero-order chi connectivity index (χ0) is 11.1. The van der Waals surface area contributed by atoms with E-state index in [2.05, 4.69) is 13.8 Å². The van der Waals surface area contributed by atoms with E-state index in [0.29, 0.717) is 11.2 Å². The summed E-state index contributed by atoms with van der Waals surface area (Å²) in [5, 5.41) is 0. The lowest BCUT2D eigenvalue weighted by molar-refractivity contribution is -0.122. The largest absolute Gasteiger partial charge is 0.299 e. The Labute approximate surface area is 93.6 Å². The van der Waals surface area contributed by atoms with Crippen LogP contribution in [-0.4, -0.2) is 5.78 Å². The summed E-state index contributed by atoms with van der Waals surface area (Å²) in [6.07, 6.45) is 8.93. The van der Waals surface area contributed by atoms with Gasteiger partial charge in [-0.2, -0.15) is 0 Å². The van der Waals surface area contributed by atoms with Gasteiger partial charge in [-0.05, 0) is 63.2 Å². The minimum atomic E-state index is 0.145. The highest BCUT2D eigenvalue weighted by atomic mass is 16.1. The molecule has 0 saturated heterocycles. The summed E-state index contributed by atoms with van der Waals surface area (Å²) in [5.74, 6) is 1.29. The SMILES string of the molecule is CC(=O)C1(CC2CCC(C)(C)CC2)CC1. The van der Waals surface area contributed by atoms with Crippen molar-refractivity contribution in [3.8, 4) is 0 Å². The third kappa shape index (κ3) is 2.43. The molecule has 1 nitrogen and oxygen atoms in total. The first-order valence-corrected chi connectivity index (χ1v) is 6.45. The molecule has 0 aromatic heterocycles. The lowest BCUT2D eigenvalue weighted by Crippen LogP contribution is -2.25. The molecule has 2 saturated carbocycles. The Morgan fingerprint density at radius 1 is 1.13 bits per heavy atom. The lowest BCUT2D eigenvalue weighted by atomic mass is 9.70. The van der Waals surface area contributed by atoms with E-state index in [0.717, 1.165) is 5.92 Å². The molecule has 0 heterocycles. The normalized spacial score (nSPS) is 28.7. The molecule has 0 N–H and O–H groups in total. The fraction of sp³-hybridized carbons (Fsp3) is 0.929. The van der Waals surface area contributed by atoms with Gasteiger partial charge in [0, 0.05) is 5.41 Å². The Balaban J connectivity index is 1.85. The lowest BCUT2D eigenvalue weighted by Gasteiger charge is -2.35. The minimum Gasteiger partial charge on any atom is -0.299 e. The van der Waals surface area contributed by atoms with Crippen LogP contribution in [0.1, 0.15) is 65.7 Å². The summed E-state index contributed by atoms with van der Waals surface area (Å²) in [4.78, 5) is 11.5. The number of hydrogen-bond donors (Lipinski definition) is 0. The zero-order valence-corrected chi connectivity index (χ0v) is 10.4. The van der Waals surface area contributed by atoms with Crippen molar-refractivity contribution in [2.45, 2.75) is 65.7 Å². The van der Waals surface area contributed by atoms with Crippen molar-refractivity contribution in [1.82, 2.24) is 0 Å². The third-order valence-corrected chi connectivity index (χ3v) is 4.74. The van der Waals surface area contributed by atoms with Crippen molar-refractivity contribution in [1.29, 1.82) is 0 Å². The van der Waals surface area contributed by atoms with Crippen molar-refractivity contribution in [2.24, 2.45) is 16.7 Å². The van der Waals surface area contributed by atoms with E-state index in [9.17, 15) is 4.79 Å². The second-order valence-corrected chi connectivity index (χ2v) is 6.65. The summed E-state index contributed by atoms with van der Waals surface area (Å²) < 4.78 is 0. The van der Waals surface area contributed by atoms with Crippen LogP contribution in [0.15, 0.2) is 0 Å². The molecule has 1 heteroatoms. The van der Waals surface area contributed by atoms with E-state index in [1.54, 1.807) is 6.92 Å². The number of ketones is 1. The molecule has 2 rings (SSSR count). The van der Waals surface area contributed by atoms with Crippen molar-refractivity contribution < 1.29 is 4.79 Å². The minimum absolute atomic E-state index is 0.145. The van der Waals surface area contributed by atoms with E-state index >= 15 is 0 Å². The van der Waals surface area contributed by atoms with Crippen molar-refractivity contribution in [2.75, 3.05) is 0 Å². The smallest absolute Gasteiger partial charge is 0.135 e. The molecule has 0 aromatic rings. The number of rotatable bonds is 3. The van der Waals surface area contributed by atoms with Crippen LogP contribution in [0.25, 0.3) is 0 Å². The molecule has 0 spiro atoms. The van der Waals surface area contributed by atoms with Gasteiger partial charge in [-0.15, -0.1) is 0 Å². The maximum absolute atomic E-state index is 11.5. The van der Waals surface area contributed by atoms with E-state index in [1.807, 2.05) is 0 Å². The number of Topliss-reactive ketones (excluding diaryl/α,β-unsaturated/α-hetero) is 1. The van der Waals surface area contributed by atoms with Gasteiger partial charge in [-0.1, -0.05) is 13.8 Å². The van der Waals surface area contributed by atoms with Crippen LogP contribution >= 0.6 is 0 Å². The van der Waals surface area contributed by atoms with Gasteiger partial charge in [0.1, 0.15) is 5.78 Å². The van der Waals surface area contributed by atoms with Crippen molar-refractivity contribution in [3.63, 3.8) is 0 Å². The van der Waals surface area contributed by atoms with Gasteiger partial charge in [-0.25, -0.2) is 0 Å². The first kappa shape index (κ1) is 11.2.